The molecule has 0 aliphatic carbocycles. The fourth-order valence-corrected chi connectivity index (χ4v) is 1.60. The lowest BCUT2D eigenvalue weighted by Gasteiger charge is -2.10. The third kappa shape index (κ3) is 3.28. The minimum atomic E-state index is -0.412. The Labute approximate surface area is 110 Å². The molecule has 1 heterocycles. The molecule has 0 saturated heterocycles. The van der Waals surface area contributed by atoms with Crippen molar-refractivity contribution in [1.29, 1.82) is 0 Å². The first-order chi connectivity index (χ1) is 9.20. The van der Waals surface area contributed by atoms with Crippen LogP contribution in [0.4, 0.5) is 4.39 Å². The van der Waals surface area contributed by atoms with Crippen LogP contribution in [-0.4, -0.2) is 15.9 Å². The van der Waals surface area contributed by atoms with Gasteiger partial charge in [-0.05, 0) is 31.2 Å². The predicted molar refractivity (Wildman–Crippen MR) is 69.0 cm³/mol. The van der Waals surface area contributed by atoms with E-state index >= 15 is 0 Å². The van der Waals surface area contributed by atoms with Crippen molar-refractivity contribution in [3.8, 4) is 5.75 Å². The van der Waals surface area contributed by atoms with Crippen molar-refractivity contribution in [2.24, 2.45) is 5.16 Å². The topological polar surface area (TPSA) is 54.7 Å². The van der Waals surface area contributed by atoms with Gasteiger partial charge in [0.2, 0.25) is 0 Å². The number of pyridine rings is 1. The van der Waals surface area contributed by atoms with Gasteiger partial charge in [0.05, 0.1) is 11.4 Å². The first kappa shape index (κ1) is 13.0. The fourth-order valence-electron chi connectivity index (χ4n) is 1.60. The van der Waals surface area contributed by atoms with E-state index in [0.717, 1.165) is 5.69 Å². The zero-order valence-corrected chi connectivity index (χ0v) is 10.4. The summed E-state index contributed by atoms with van der Waals surface area (Å²) in [5.74, 6) is -0.0912. The quantitative estimate of drug-likeness (QED) is 0.522. The Morgan fingerprint density at radius 3 is 2.89 bits per heavy atom. The highest BCUT2D eigenvalue weighted by atomic mass is 19.1. The van der Waals surface area contributed by atoms with Gasteiger partial charge < -0.3 is 9.94 Å². The molecule has 0 spiro atoms. The molecular formula is C14H13FN2O2. The number of benzene rings is 1. The van der Waals surface area contributed by atoms with Crippen LogP contribution in [0.15, 0.2) is 47.8 Å². The average molecular weight is 260 g/mol. The Morgan fingerprint density at radius 2 is 2.21 bits per heavy atom. The molecule has 2 aromatic rings. The average Bonchev–Trinajstić information content (AvgIpc) is 2.45. The summed E-state index contributed by atoms with van der Waals surface area (Å²) >= 11 is 0. The predicted octanol–water partition coefficient (Wildman–Crippen LogP) is 3.00. The van der Waals surface area contributed by atoms with Crippen molar-refractivity contribution in [1.82, 2.24) is 4.98 Å². The molecule has 0 saturated carbocycles. The molecule has 0 amide bonds. The maximum Gasteiger partial charge on any atom is 0.131 e. The van der Waals surface area contributed by atoms with Crippen molar-refractivity contribution in [3.63, 3.8) is 0 Å². The molecule has 98 valence electrons. The van der Waals surface area contributed by atoms with Gasteiger partial charge in [-0.1, -0.05) is 11.2 Å². The van der Waals surface area contributed by atoms with Crippen LogP contribution in [0.2, 0.25) is 0 Å². The van der Waals surface area contributed by atoms with Crippen LogP contribution in [0.1, 0.15) is 18.2 Å². The van der Waals surface area contributed by atoms with Crippen LogP contribution in [0.3, 0.4) is 0 Å². The normalized spacial score (nSPS) is 11.4. The first-order valence-electron chi connectivity index (χ1n) is 5.72. The third-order valence-electron chi connectivity index (χ3n) is 2.59. The van der Waals surface area contributed by atoms with E-state index in [-0.39, 0.29) is 6.61 Å². The maximum absolute atomic E-state index is 13.2. The Bertz CT molecular complexity index is 585. The van der Waals surface area contributed by atoms with Crippen LogP contribution in [0.25, 0.3) is 0 Å². The summed E-state index contributed by atoms with van der Waals surface area (Å²) in [6, 6.07) is 9.52. The molecule has 2 rings (SSSR count). The highest BCUT2D eigenvalue weighted by Crippen LogP contribution is 2.21. The summed E-state index contributed by atoms with van der Waals surface area (Å²) in [4.78, 5) is 4.11. The molecule has 19 heavy (non-hydrogen) atoms. The van der Waals surface area contributed by atoms with E-state index in [1.807, 2.05) is 12.1 Å². The second-order valence-corrected chi connectivity index (χ2v) is 3.94. The molecule has 0 bridgehead atoms. The largest absolute Gasteiger partial charge is 0.486 e. The van der Waals surface area contributed by atoms with Gasteiger partial charge in [0, 0.05) is 17.8 Å². The second kappa shape index (κ2) is 5.95. The van der Waals surface area contributed by atoms with Crippen LogP contribution < -0.4 is 4.74 Å². The second-order valence-electron chi connectivity index (χ2n) is 3.94. The number of ether oxygens (including phenoxy) is 1. The molecule has 0 aliphatic rings. The zero-order chi connectivity index (χ0) is 13.7. The molecule has 1 aromatic heterocycles. The Morgan fingerprint density at radius 1 is 1.37 bits per heavy atom. The summed E-state index contributed by atoms with van der Waals surface area (Å²) in [6.45, 7) is 1.83. The summed E-state index contributed by atoms with van der Waals surface area (Å²) in [7, 11) is 0. The van der Waals surface area contributed by atoms with Gasteiger partial charge in [-0.15, -0.1) is 0 Å². The van der Waals surface area contributed by atoms with E-state index in [9.17, 15) is 4.39 Å². The van der Waals surface area contributed by atoms with Crippen molar-refractivity contribution < 1.29 is 14.3 Å². The summed E-state index contributed by atoms with van der Waals surface area (Å²) in [6.07, 6.45) is 1.66. The number of hydrogen-bond acceptors (Lipinski definition) is 4. The molecule has 5 heteroatoms. The highest BCUT2D eigenvalue weighted by Gasteiger charge is 2.09. The lowest BCUT2D eigenvalue weighted by Crippen LogP contribution is -2.04. The monoisotopic (exact) mass is 260 g/mol. The lowest BCUT2D eigenvalue weighted by atomic mass is 10.1. The Kier molecular flexibility index (Phi) is 4.07. The van der Waals surface area contributed by atoms with Crippen LogP contribution in [0, 0.1) is 5.82 Å². The SMILES string of the molecule is CC(=NO)c1ccc(F)cc1OCc1ccccn1. The van der Waals surface area contributed by atoms with Gasteiger partial charge in [0.15, 0.2) is 0 Å². The standard InChI is InChI=1S/C14H13FN2O2/c1-10(17-18)13-6-5-11(15)8-14(13)19-9-12-4-2-3-7-16-12/h2-8,18H,9H2,1H3. The lowest BCUT2D eigenvalue weighted by molar-refractivity contribution is 0.297. The Hall–Kier alpha value is -2.43. The van der Waals surface area contributed by atoms with E-state index in [1.165, 1.54) is 18.2 Å². The first-order valence-corrected chi connectivity index (χ1v) is 5.72. The molecule has 0 atom stereocenters. The molecule has 1 aromatic carbocycles. The van der Waals surface area contributed by atoms with E-state index in [2.05, 4.69) is 10.1 Å². The Balaban J connectivity index is 2.21. The number of nitrogens with zero attached hydrogens (tertiary/aromatic N) is 2. The van der Waals surface area contributed by atoms with E-state index in [4.69, 9.17) is 9.94 Å². The van der Waals surface area contributed by atoms with Crippen molar-refractivity contribution in [2.45, 2.75) is 13.5 Å². The maximum atomic E-state index is 13.2. The van der Waals surface area contributed by atoms with Gasteiger partial charge in [0.1, 0.15) is 18.2 Å². The van der Waals surface area contributed by atoms with Gasteiger partial charge in [-0.3, -0.25) is 4.98 Å². The van der Waals surface area contributed by atoms with E-state index < -0.39 is 5.82 Å². The summed E-state index contributed by atoms with van der Waals surface area (Å²) < 4.78 is 18.8. The van der Waals surface area contributed by atoms with Crippen LogP contribution in [-0.2, 0) is 6.61 Å². The van der Waals surface area contributed by atoms with Crippen LogP contribution >= 0.6 is 0 Å². The number of halogens is 1. The minimum Gasteiger partial charge on any atom is -0.486 e. The van der Waals surface area contributed by atoms with E-state index in [1.54, 1.807) is 19.2 Å². The molecule has 0 aliphatic heterocycles. The number of hydrogen-bond donors (Lipinski definition) is 1. The molecule has 0 radical (unpaired) electrons. The zero-order valence-electron chi connectivity index (χ0n) is 10.4. The van der Waals surface area contributed by atoms with Gasteiger partial charge in [-0.25, -0.2) is 4.39 Å². The third-order valence-corrected chi connectivity index (χ3v) is 2.59. The van der Waals surface area contributed by atoms with E-state index in [0.29, 0.717) is 17.0 Å². The number of aromatic nitrogens is 1. The molecule has 0 fully saturated rings. The van der Waals surface area contributed by atoms with Crippen LogP contribution in [0.5, 0.6) is 5.75 Å². The van der Waals surface area contributed by atoms with Gasteiger partial charge in [-0.2, -0.15) is 0 Å². The van der Waals surface area contributed by atoms with Gasteiger partial charge in [0.25, 0.3) is 0 Å². The molecule has 4 nitrogen and oxygen atoms in total. The minimum absolute atomic E-state index is 0.218. The van der Waals surface area contributed by atoms with Crippen molar-refractivity contribution in [2.75, 3.05) is 0 Å². The summed E-state index contributed by atoms with van der Waals surface area (Å²) in [5, 5.41) is 11.9. The molecule has 1 N–H and O–H groups in total. The smallest absolute Gasteiger partial charge is 0.131 e. The number of rotatable bonds is 4. The van der Waals surface area contributed by atoms with Crippen molar-refractivity contribution >= 4 is 5.71 Å². The van der Waals surface area contributed by atoms with Crippen molar-refractivity contribution in [3.05, 3.63) is 59.7 Å². The molecule has 0 unspecified atom stereocenters. The fraction of sp³-hybridized carbons (Fsp3) is 0.143. The summed E-state index contributed by atoms with van der Waals surface area (Å²) in [5.41, 5.74) is 1.63. The van der Waals surface area contributed by atoms with Gasteiger partial charge >= 0.3 is 0 Å². The number of oxime groups is 1. The highest BCUT2D eigenvalue weighted by molar-refractivity contribution is 6.00. The molecular weight excluding hydrogens is 247 g/mol.